The first kappa shape index (κ1) is 6.40. The highest BCUT2D eigenvalue weighted by Gasteiger charge is 2.04. The first-order chi connectivity index (χ1) is 5.36. The summed E-state index contributed by atoms with van der Waals surface area (Å²) >= 11 is 0. The number of hydrogen-bond donors (Lipinski definition) is 0. The Hall–Kier alpha value is -1.31. The normalized spacial score (nSPS) is 21.4. The minimum absolute atomic E-state index is 0.472. The number of fused-ring (bicyclic) bond motifs is 1. The molecule has 1 atom stereocenters. The molecule has 0 amide bonds. The van der Waals surface area contributed by atoms with E-state index in [2.05, 4.69) is 24.1 Å². The van der Waals surface area contributed by atoms with Crippen LogP contribution in [0.15, 0.2) is 23.0 Å². The van der Waals surface area contributed by atoms with Gasteiger partial charge in [0.1, 0.15) is 5.69 Å². The smallest absolute Gasteiger partial charge is 0.181 e. The predicted octanol–water partition coefficient (Wildman–Crippen LogP) is 2.35. The summed E-state index contributed by atoms with van der Waals surface area (Å²) in [5.41, 5.74) is 0.922. The van der Waals surface area contributed by atoms with Gasteiger partial charge in [-0.2, -0.15) is 0 Å². The third-order valence-electron chi connectivity index (χ3n) is 1.73. The largest absolute Gasteiger partial charge is 0.443 e. The van der Waals surface area contributed by atoms with Crippen molar-refractivity contribution in [2.75, 3.05) is 0 Å². The van der Waals surface area contributed by atoms with Crippen molar-refractivity contribution >= 4 is 12.2 Å². The Labute approximate surface area is 65.2 Å². The molecule has 0 saturated carbocycles. The van der Waals surface area contributed by atoms with Crippen LogP contribution in [0.4, 0.5) is 0 Å². The molecule has 1 aliphatic rings. The van der Waals surface area contributed by atoms with E-state index in [1.54, 1.807) is 0 Å². The van der Waals surface area contributed by atoms with Crippen molar-refractivity contribution in [2.24, 2.45) is 5.92 Å². The number of nitrogens with zero attached hydrogens (tertiary/aromatic N) is 1. The molecule has 0 fully saturated rings. The lowest BCUT2D eigenvalue weighted by Gasteiger charge is -1.90. The first-order valence-electron chi connectivity index (χ1n) is 3.66. The molecule has 0 N–H and O–H groups in total. The fourth-order valence-corrected chi connectivity index (χ4v) is 1.06. The predicted molar refractivity (Wildman–Crippen MR) is 43.7 cm³/mol. The second-order valence-corrected chi connectivity index (χ2v) is 2.68. The molecule has 11 heavy (non-hydrogen) atoms. The SMILES string of the molecule is C[C@H]1C=Cc2ncoc2C=C1. The van der Waals surface area contributed by atoms with E-state index < -0.39 is 0 Å². The van der Waals surface area contributed by atoms with Gasteiger partial charge in [0, 0.05) is 0 Å². The highest BCUT2D eigenvalue weighted by Crippen LogP contribution is 2.17. The van der Waals surface area contributed by atoms with E-state index in [1.807, 2.05) is 12.2 Å². The zero-order chi connectivity index (χ0) is 7.68. The Bertz CT molecular complexity index is 281. The summed E-state index contributed by atoms with van der Waals surface area (Å²) in [5, 5.41) is 0. The van der Waals surface area contributed by atoms with Crippen LogP contribution in [0.1, 0.15) is 18.4 Å². The molecule has 1 aliphatic carbocycles. The van der Waals surface area contributed by atoms with Crippen LogP contribution >= 0.6 is 0 Å². The molecule has 2 nitrogen and oxygen atoms in total. The zero-order valence-corrected chi connectivity index (χ0v) is 6.32. The third kappa shape index (κ3) is 1.11. The summed E-state index contributed by atoms with van der Waals surface area (Å²) in [6, 6.07) is 0. The van der Waals surface area contributed by atoms with Gasteiger partial charge in [0.05, 0.1) is 0 Å². The Morgan fingerprint density at radius 2 is 2.18 bits per heavy atom. The Morgan fingerprint density at radius 1 is 1.36 bits per heavy atom. The summed E-state index contributed by atoms with van der Waals surface area (Å²) in [7, 11) is 0. The third-order valence-corrected chi connectivity index (χ3v) is 1.73. The van der Waals surface area contributed by atoms with E-state index in [-0.39, 0.29) is 0 Å². The molecule has 0 saturated heterocycles. The van der Waals surface area contributed by atoms with Gasteiger partial charge < -0.3 is 4.42 Å². The van der Waals surface area contributed by atoms with E-state index in [4.69, 9.17) is 4.42 Å². The van der Waals surface area contributed by atoms with Gasteiger partial charge in [-0.15, -0.1) is 0 Å². The van der Waals surface area contributed by atoms with Gasteiger partial charge in [0.15, 0.2) is 12.2 Å². The van der Waals surface area contributed by atoms with E-state index in [1.165, 1.54) is 6.39 Å². The molecule has 0 aliphatic heterocycles. The summed E-state index contributed by atoms with van der Waals surface area (Å²) < 4.78 is 5.14. The lowest BCUT2D eigenvalue weighted by molar-refractivity contribution is 0.547. The second kappa shape index (κ2) is 2.38. The molecular formula is C9H9NO. The fourth-order valence-electron chi connectivity index (χ4n) is 1.06. The number of aromatic nitrogens is 1. The van der Waals surface area contributed by atoms with Crippen molar-refractivity contribution < 1.29 is 4.42 Å². The zero-order valence-electron chi connectivity index (χ0n) is 6.32. The van der Waals surface area contributed by atoms with Gasteiger partial charge in [-0.1, -0.05) is 19.1 Å². The summed E-state index contributed by atoms with van der Waals surface area (Å²) in [6.45, 7) is 2.12. The molecular weight excluding hydrogens is 138 g/mol. The van der Waals surface area contributed by atoms with Crippen molar-refractivity contribution in [1.29, 1.82) is 0 Å². The Balaban J connectivity index is 2.48. The average molecular weight is 147 g/mol. The maximum atomic E-state index is 5.14. The maximum Gasteiger partial charge on any atom is 0.181 e. The van der Waals surface area contributed by atoms with E-state index >= 15 is 0 Å². The van der Waals surface area contributed by atoms with Gasteiger partial charge in [0.25, 0.3) is 0 Å². The van der Waals surface area contributed by atoms with E-state index in [0.717, 1.165) is 11.5 Å². The fraction of sp³-hybridized carbons (Fsp3) is 0.222. The van der Waals surface area contributed by atoms with Crippen LogP contribution in [0.3, 0.4) is 0 Å². The highest BCUT2D eigenvalue weighted by atomic mass is 16.3. The summed E-state index contributed by atoms with van der Waals surface area (Å²) in [5.74, 6) is 1.32. The van der Waals surface area contributed by atoms with E-state index in [0.29, 0.717) is 5.92 Å². The molecule has 2 rings (SSSR count). The number of allylic oxidation sites excluding steroid dienone is 2. The molecule has 56 valence electrons. The van der Waals surface area contributed by atoms with Gasteiger partial charge in [0.2, 0.25) is 0 Å². The molecule has 1 aromatic rings. The Kier molecular flexibility index (Phi) is 1.39. The summed E-state index contributed by atoms with van der Waals surface area (Å²) in [4.78, 5) is 4.05. The lowest BCUT2D eigenvalue weighted by atomic mass is 10.2. The van der Waals surface area contributed by atoms with Crippen molar-refractivity contribution in [3.8, 4) is 0 Å². The molecule has 0 bridgehead atoms. The van der Waals surface area contributed by atoms with Gasteiger partial charge in [-0.25, -0.2) is 4.98 Å². The van der Waals surface area contributed by atoms with Crippen LogP contribution in [0.5, 0.6) is 0 Å². The van der Waals surface area contributed by atoms with Crippen LogP contribution in [0.2, 0.25) is 0 Å². The molecule has 1 heterocycles. The van der Waals surface area contributed by atoms with Gasteiger partial charge in [-0.3, -0.25) is 0 Å². The van der Waals surface area contributed by atoms with Crippen molar-refractivity contribution in [3.63, 3.8) is 0 Å². The highest BCUT2D eigenvalue weighted by molar-refractivity contribution is 5.60. The number of oxazole rings is 1. The Morgan fingerprint density at radius 3 is 3.09 bits per heavy atom. The average Bonchev–Trinajstić information content (AvgIpc) is 2.38. The van der Waals surface area contributed by atoms with Gasteiger partial charge in [-0.05, 0) is 18.1 Å². The van der Waals surface area contributed by atoms with Crippen molar-refractivity contribution in [3.05, 3.63) is 30.0 Å². The summed E-state index contributed by atoms with van der Waals surface area (Å²) in [6.07, 6.45) is 9.62. The number of hydrogen-bond acceptors (Lipinski definition) is 2. The molecule has 0 spiro atoms. The van der Waals surface area contributed by atoms with Crippen molar-refractivity contribution in [2.45, 2.75) is 6.92 Å². The lowest BCUT2D eigenvalue weighted by Crippen LogP contribution is -1.77. The van der Waals surface area contributed by atoms with Crippen LogP contribution in [0, 0.1) is 5.92 Å². The molecule has 0 aromatic carbocycles. The maximum absolute atomic E-state index is 5.14. The molecule has 2 heteroatoms. The molecule has 0 radical (unpaired) electrons. The standard InChI is InChI=1S/C9H9NO/c1-7-2-4-8-9(5-3-7)11-6-10-8/h2-7H,1H3/t7-/m0/s1. The second-order valence-electron chi connectivity index (χ2n) is 2.68. The quantitative estimate of drug-likeness (QED) is 0.563. The topological polar surface area (TPSA) is 26.0 Å². The van der Waals surface area contributed by atoms with Crippen molar-refractivity contribution in [1.82, 2.24) is 4.98 Å². The minimum Gasteiger partial charge on any atom is -0.443 e. The van der Waals surface area contributed by atoms with Crippen LogP contribution in [0.25, 0.3) is 12.2 Å². The van der Waals surface area contributed by atoms with Crippen LogP contribution in [-0.2, 0) is 0 Å². The molecule has 0 unspecified atom stereocenters. The van der Waals surface area contributed by atoms with E-state index in [9.17, 15) is 0 Å². The first-order valence-corrected chi connectivity index (χ1v) is 3.66. The monoisotopic (exact) mass is 147 g/mol. The minimum atomic E-state index is 0.472. The van der Waals surface area contributed by atoms with Crippen LogP contribution < -0.4 is 0 Å². The number of rotatable bonds is 0. The van der Waals surface area contributed by atoms with Crippen LogP contribution in [-0.4, -0.2) is 4.98 Å². The van der Waals surface area contributed by atoms with Gasteiger partial charge >= 0.3 is 0 Å². The molecule has 1 aromatic heterocycles.